The second kappa shape index (κ2) is 5.91. The molecule has 0 radical (unpaired) electrons. The Hall–Kier alpha value is -0.770. The van der Waals surface area contributed by atoms with Crippen molar-refractivity contribution in [1.29, 1.82) is 0 Å². The van der Waals surface area contributed by atoms with Gasteiger partial charge in [0.1, 0.15) is 5.84 Å². The molecule has 0 amide bonds. The molecular weight excluding hydrogens is 226 g/mol. The van der Waals surface area contributed by atoms with E-state index < -0.39 is 0 Å². The van der Waals surface area contributed by atoms with Gasteiger partial charge in [-0.15, -0.1) is 0 Å². The summed E-state index contributed by atoms with van der Waals surface area (Å²) in [5.74, 6) is 0.337. The van der Waals surface area contributed by atoms with E-state index in [4.69, 9.17) is 10.9 Å². The molecular formula is C14H29N3O. The lowest BCUT2D eigenvalue weighted by Gasteiger charge is -2.32. The molecule has 0 aromatic rings. The Bertz CT molecular complexity index is 297. The Kier molecular flexibility index (Phi) is 5.02. The molecule has 0 atom stereocenters. The lowest BCUT2D eigenvalue weighted by atomic mass is 9.86. The number of hydrogen-bond acceptors (Lipinski definition) is 3. The maximum atomic E-state index is 8.72. The largest absolute Gasteiger partial charge is 0.409 e. The van der Waals surface area contributed by atoms with Gasteiger partial charge in [0.2, 0.25) is 0 Å². The SMILES string of the molecule is CC(C)(CCCCN1CCCC1(C)C)C(N)=NO. The van der Waals surface area contributed by atoms with E-state index >= 15 is 0 Å². The first-order valence-corrected chi connectivity index (χ1v) is 7.03. The van der Waals surface area contributed by atoms with Crippen LogP contribution in [0.2, 0.25) is 0 Å². The summed E-state index contributed by atoms with van der Waals surface area (Å²) in [6.45, 7) is 11.1. The monoisotopic (exact) mass is 255 g/mol. The molecule has 1 aliphatic heterocycles. The second-order valence-electron chi connectivity index (χ2n) is 6.73. The number of nitrogens with two attached hydrogens (primary N) is 1. The molecule has 18 heavy (non-hydrogen) atoms. The molecule has 0 unspecified atom stereocenters. The number of amidine groups is 1. The van der Waals surface area contributed by atoms with Gasteiger partial charge in [0.05, 0.1) is 0 Å². The fourth-order valence-electron chi connectivity index (χ4n) is 2.71. The van der Waals surface area contributed by atoms with Crippen molar-refractivity contribution < 1.29 is 5.21 Å². The van der Waals surface area contributed by atoms with Crippen LogP contribution >= 0.6 is 0 Å². The van der Waals surface area contributed by atoms with Crippen LogP contribution in [0.1, 0.15) is 59.8 Å². The fourth-order valence-corrected chi connectivity index (χ4v) is 2.71. The molecule has 0 aromatic carbocycles. The maximum absolute atomic E-state index is 8.72. The van der Waals surface area contributed by atoms with E-state index in [1.165, 1.54) is 32.4 Å². The van der Waals surface area contributed by atoms with Gasteiger partial charge < -0.3 is 10.9 Å². The average molecular weight is 255 g/mol. The molecule has 0 bridgehead atoms. The van der Waals surface area contributed by atoms with Gasteiger partial charge >= 0.3 is 0 Å². The molecule has 1 heterocycles. The molecule has 0 aliphatic carbocycles. The van der Waals surface area contributed by atoms with Crippen molar-refractivity contribution >= 4 is 5.84 Å². The van der Waals surface area contributed by atoms with Crippen LogP contribution in [-0.2, 0) is 0 Å². The number of unbranched alkanes of at least 4 members (excludes halogenated alkanes) is 1. The molecule has 0 spiro atoms. The van der Waals surface area contributed by atoms with Gasteiger partial charge in [0.25, 0.3) is 0 Å². The molecule has 0 saturated carbocycles. The molecule has 1 rings (SSSR count). The Morgan fingerprint density at radius 1 is 1.39 bits per heavy atom. The lowest BCUT2D eigenvalue weighted by molar-refractivity contribution is 0.170. The molecule has 0 aromatic heterocycles. The number of likely N-dealkylation sites (tertiary alicyclic amines) is 1. The van der Waals surface area contributed by atoms with Crippen LogP contribution < -0.4 is 5.73 Å². The van der Waals surface area contributed by atoms with E-state index in [9.17, 15) is 0 Å². The van der Waals surface area contributed by atoms with E-state index in [1.54, 1.807) is 0 Å². The average Bonchev–Trinajstić information content (AvgIpc) is 2.63. The first kappa shape index (κ1) is 15.3. The highest BCUT2D eigenvalue weighted by atomic mass is 16.4. The first-order chi connectivity index (χ1) is 8.29. The van der Waals surface area contributed by atoms with Gasteiger partial charge in [-0.05, 0) is 52.6 Å². The van der Waals surface area contributed by atoms with Crippen molar-refractivity contribution in [3.63, 3.8) is 0 Å². The number of nitrogens with zero attached hydrogens (tertiary/aromatic N) is 2. The molecule has 1 aliphatic rings. The zero-order valence-corrected chi connectivity index (χ0v) is 12.4. The van der Waals surface area contributed by atoms with E-state index in [1.807, 2.05) is 13.8 Å². The van der Waals surface area contributed by atoms with Crippen LogP contribution in [0.5, 0.6) is 0 Å². The van der Waals surface area contributed by atoms with E-state index in [0.717, 1.165) is 12.8 Å². The third kappa shape index (κ3) is 3.87. The summed E-state index contributed by atoms with van der Waals surface area (Å²) < 4.78 is 0. The third-order valence-corrected chi connectivity index (χ3v) is 4.35. The normalized spacial score (nSPS) is 21.4. The van der Waals surface area contributed by atoms with Crippen molar-refractivity contribution in [3.8, 4) is 0 Å². The minimum absolute atomic E-state index is 0.199. The topological polar surface area (TPSA) is 61.8 Å². The summed E-state index contributed by atoms with van der Waals surface area (Å²) in [7, 11) is 0. The van der Waals surface area contributed by atoms with Gasteiger partial charge in [-0.25, -0.2) is 0 Å². The highest BCUT2D eigenvalue weighted by Gasteiger charge is 2.31. The minimum atomic E-state index is -0.199. The third-order valence-electron chi connectivity index (χ3n) is 4.35. The van der Waals surface area contributed by atoms with E-state index in [2.05, 4.69) is 23.9 Å². The summed E-state index contributed by atoms with van der Waals surface area (Å²) >= 11 is 0. The standard InChI is InChI=1S/C14H29N3O/c1-13(2,12(15)16-18)8-5-6-10-17-11-7-9-14(17,3)4/h18H,5-11H2,1-4H3,(H2,15,16). The summed E-state index contributed by atoms with van der Waals surface area (Å²) in [4.78, 5) is 2.59. The quantitative estimate of drug-likeness (QED) is 0.252. The van der Waals surface area contributed by atoms with Crippen molar-refractivity contribution in [2.24, 2.45) is 16.3 Å². The zero-order valence-electron chi connectivity index (χ0n) is 12.4. The van der Waals surface area contributed by atoms with Crippen molar-refractivity contribution in [1.82, 2.24) is 4.90 Å². The first-order valence-electron chi connectivity index (χ1n) is 7.03. The van der Waals surface area contributed by atoms with Gasteiger partial charge in [0, 0.05) is 11.0 Å². The second-order valence-corrected chi connectivity index (χ2v) is 6.73. The Balaban J connectivity index is 2.27. The van der Waals surface area contributed by atoms with Crippen LogP contribution in [0.4, 0.5) is 0 Å². The van der Waals surface area contributed by atoms with Gasteiger partial charge in [-0.2, -0.15) is 0 Å². The van der Waals surface area contributed by atoms with E-state index in [-0.39, 0.29) is 5.41 Å². The van der Waals surface area contributed by atoms with Gasteiger partial charge in [0.15, 0.2) is 0 Å². The predicted octanol–water partition coefficient (Wildman–Crippen LogP) is 2.80. The molecule has 4 nitrogen and oxygen atoms in total. The number of rotatable bonds is 6. The highest BCUT2D eigenvalue weighted by molar-refractivity contribution is 5.85. The smallest absolute Gasteiger partial charge is 0.144 e. The number of oxime groups is 1. The van der Waals surface area contributed by atoms with Crippen LogP contribution in [0.3, 0.4) is 0 Å². The van der Waals surface area contributed by atoms with Gasteiger partial charge in [-0.3, -0.25) is 4.90 Å². The Morgan fingerprint density at radius 3 is 2.56 bits per heavy atom. The van der Waals surface area contributed by atoms with Gasteiger partial charge in [-0.1, -0.05) is 25.4 Å². The van der Waals surface area contributed by atoms with Crippen LogP contribution in [0.15, 0.2) is 5.16 Å². The number of hydrogen-bond donors (Lipinski definition) is 2. The van der Waals surface area contributed by atoms with Crippen LogP contribution in [0.25, 0.3) is 0 Å². The van der Waals surface area contributed by atoms with Crippen molar-refractivity contribution in [3.05, 3.63) is 0 Å². The summed E-state index contributed by atoms with van der Waals surface area (Å²) in [5, 5.41) is 11.8. The summed E-state index contributed by atoms with van der Waals surface area (Å²) in [6, 6.07) is 0. The Morgan fingerprint density at radius 2 is 2.06 bits per heavy atom. The zero-order chi connectivity index (χ0) is 13.8. The Labute approximate surface area is 111 Å². The van der Waals surface area contributed by atoms with Crippen molar-refractivity contribution in [2.45, 2.75) is 65.3 Å². The predicted molar refractivity (Wildman–Crippen MR) is 75.9 cm³/mol. The maximum Gasteiger partial charge on any atom is 0.144 e. The molecule has 4 heteroatoms. The lowest BCUT2D eigenvalue weighted by Crippen LogP contribution is -2.38. The molecule has 3 N–H and O–H groups in total. The molecule has 106 valence electrons. The van der Waals surface area contributed by atoms with Crippen molar-refractivity contribution in [2.75, 3.05) is 13.1 Å². The molecule has 1 fully saturated rings. The minimum Gasteiger partial charge on any atom is -0.409 e. The highest BCUT2D eigenvalue weighted by Crippen LogP contribution is 2.29. The van der Waals surface area contributed by atoms with E-state index in [0.29, 0.717) is 11.4 Å². The summed E-state index contributed by atoms with van der Waals surface area (Å²) in [5.41, 5.74) is 5.86. The van der Waals surface area contributed by atoms with Crippen LogP contribution in [0, 0.1) is 5.41 Å². The van der Waals surface area contributed by atoms with Crippen LogP contribution in [-0.4, -0.2) is 34.6 Å². The fraction of sp³-hybridized carbons (Fsp3) is 0.929. The summed E-state index contributed by atoms with van der Waals surface area (Å²) in [6.07, 6.45) is 5.91. The molecule has 1 saturated heterocycles.